The van der Waals surface area contributed by atoms with E-state index < -0.39 is 0 Å². The third kappa shape index (κ3) is 8.66. The number of unbranched alkanes of at least 4 members (excludes halogenated alkanes) is 1. The molecule has 1 aromatic carbocycles. The van der Waals surface area contributed by atoms with Crippen LogP contribution in [0.4, 0.5) is 0 Å². The Morgan fingerprint density at radius 2 is 1.79 bits per heavy atom. The van der Waals surface area contributed by atoms with Crippen molar-refractivity contribution in [3.8, 4) is 5.75 Å². The highest BCUT2D eigenvalue weighted by molar-refractivity contribution is 5.20. The molecule has 0 spiro atoms. The van der Waals surface area contributed by atoms with Crippen molar-refractivity contribution in [3.05, 3.63) is 30.3 Å². The molecule has 0 heterocycles. The fourth-order valence-electron chi connectivity index (χ4n) is 1.88. The number of para-hydroxylation sites is 1. The lowest BCUT2D eigenvalue weighted by Crippen LogP contribution is -2.38. The maximum Gasteiger partial charge on any atom is 0.119 e. The van der Waals surface area contributed by atoms with Crippen LogP contribution in [-0.4, -0.2) is 18.7 Å². The van der Waals surface area contributed by atoms with Crippen LogP contribution in [0.5, 0.6) is 5.75 Å². The van der Waals surface area contributed by atoms with Gasteiger partial charge in [-0.25, -0.2) is 0 Å². The van der Waals surface area contributed by atoms with Crippen molar-refractivity contribution in [2.24, 2.45) is 5.92 Å². The zero-order valence-electron chi connectivity index (χ0n) is 12.9. The summed E-state index contributed by atoms with van der Waals surface area (Å²) in [5.41, 5.74) is 0.227. The quantitative estimate of drug-likeness (QED) is 0.708. The number of benzene rings is 1. The van der Waals surface area contributed by atoms with E-state index in [1.54, 1.807) is 0 Å². The van der Waals surface area contributed by atoms with E-state index in [1.807, 2.05) is 30.3 Å². The lowest BCUT2D eigenvalue weighted by Gasteiger charge is -2.23. The van der Waals surface area contributed by atoms with Gasteiger partial charge in [0, 0.05) is 5.54 Å². The van der Waals surface area contributed by atoms with Gasteiger partial charge in [-0.05, 0) is 64.6 Å². The molecular formula is C17H29NO. The number of rotatable bonds is 8. The summed E-state index contributed by atoms with van der Waals surface area (Å²) in [6.07, 6.45) is 3.63. The van der Waals surface area contributed by atoms with Crippen LogP contribution in [0.15, 0.2) is 30.3 Å². The summed E-state index contributed by atoms with van der Waals surface area (Å²) in [5, 5.41) is 3.56. The van der Waals surface area contributed by atoms with Gasteiger partial charge in [0.25, 0.3) is 0 Å². The first-order valence-electron chi connectivity index (χ1n) is 7.40. The number of hydrogen-bond acceptors (Lipinski definition) is 2. The summed E-state index contributed by atoms with van der Waals surface area (Å²) < 4.78 is 5.69. The van der Waals surface area contributed by atoms with Crippen LogP contribution < -0.4 is 10.1 Å². The maximum absolute atomic E-state index is 5.69. The van der Waals surface area contributed by atoms with Gasteiger partial charge in [0.2, 0.25) is 0 Å². The predicted molar refractivity (Wildman–Crippen MR) is 82.7 cm³/mol. The molecule has 0 bridgehead atoms. The van der Waals surface area contributed by atoms with Crippen molar-refractivity contribution in [2.75, 3.05) is 13.2 Å². The largest absolute Gasteiger partial charge is 0.494 e. The third-order valence-electron chi connectivity index (χ3n) is 3.08. The molecule has 1 rings (SSSR count). The summed E-state index contributed by atoms with van der Waals surface area (Å²) in [6.45, 7) is 10.9. The molecule has 1 N–H and O–H groups in total. The SMILES string of the molecule is CC(CCCCOc1ccccc1)CNC(C)(C)C. The van der Waals surface area contributed by atoms with E-state index in [0.29, 0.717) is 0 Å². The molecule has 1 aromatic rings. The van der Waals surface area contributed by atoms with E-state index in [4.69, 9.17) is 4.74 Å². The smallest absolute Gasteiger partial charge is 0.119 e. The molecule has 108 valence electrons. The Bertz CT molecular complexity index is 329. The second kappa shape index (κ2) is 8.21. The first-order valence-corrected chi connectivity index (χ1v) is 7.40. The molecule has 0 fully saturated rings. The van der Waals surface area contributed by atoms with E-state index in [1.165, 1.54) is 12.8 Å². The molecule has 1 atom stereocenters. The van der Waals surface area contributed by atoms with Gasteiger partial charge in [0.15, 0.2) is 0 Å². The Morgan fingerprint density at radius 1 is 1.11 bits per heavy atom. The molecule has 0 saturated heterocycles. The fraction of sp³-hybridized carbons (Fsp3) is 0.647. The van der Waals surface area contributed by atoms with Crippen molar-refractivity contribution >= 4 is 0 Å². The van der Waals surface area contributed by atoms with Gasteiger partial charge in [-0.15, -0.1) is 0 Å². The summed E-state index contributed by atoms with van der Waals surface area (Å²) in [5.74, 6) is 1.71. The minimum atomic E-state index is 0.227. The van der Waals surface area contributed by atoms with E-state index >= 15 is 0 Å². The van der Waals surface area contributed by atoms with Crippen molar-refractivity contribution < 1.29 is 4.74 Å². The normalized spacial score (nSPS) is 13.3. The van der Waals surface area contributed by atoms with Crippen LogP contribution in [-0.2, 0) is 0 Å². The average molecular weight is 263 g/mol. The molecule has 2 heteroatoms. The molecule has 0 saturated carbocycles. The molecule has 0 aliphatic rings. The first kappa shape index (κ1) is 16.0. The lowest BCUT2D eigenvalue weighted by atomic mass is 10.0. The standard InChI is InChI=1S/C17H29NO/c1-15(14-18-17(2,3)4)10-8-9-13-19-16-11-6-5-7-12-16/h5-7,11-12,15,18H,8-10,13-14H2,1-4H3. The number of hydrogen-bond donors (Lipinski definition) is 1. The minimum absolute atomic E-state index is 0.227. The number of nitrogens with one attached hydrogen (secondary N) is 1. The molecule has 0 aliphatic carbocycles. The highest BCUT2D eigenvalue weighted by Crippen LogP contribution is 2.11. The predicted octanol–water partition coefficient (Wildman–Crippen LogP) is 4.26. The van der Waals surface area contributed by atoms with Gasteiger partial charge >= 0.3 is 0 Å². The van der Waals surface area contributed by atoms with Crippen molar-refractivity contribution in [1.82, 2.24) is 5.32 Å². The van der Waals surface area contributed by atoms with Crippen molar-refractivity contribution in [2.45, 2.75) is 52.5 Å². The minimum Gasteiger partial charge on any atom is -0.494 e. The van der Waals surface area contributed by atoms with Crippen LogP contribution in [0, 0.1) is 5.92 Å². The fourth-order valence-corrected chi connectivity index (χ4v) is 1.88. The molecule has 0 amide bonds. The zero-order valence-corrected chi connectivity index (χ0v) is 12.9. The maximum atomic E-state index is 5.69. The first-order chi connectivity index (χ1) is 8.97. The Labute approximate surface area is 118 Å². The summed E-state index contributed by atoms with van der Waals surface area (Å²) >= 11 is 0. The second-order valence-electron chi connectivity index (χ2n) is 6.39. The topological polar surface area (TPSA) is 21.3 Å². The summed E-state index contributed by atoms with van der Waals surface area (Å²) in [4.78, 5) is 0. The molecule has 0 aromatic heterocycles. The second-order valence-corrected chi connectivity index (χ2v) is 6.39. The van der Waals surface area contributed by atoms with Crippen LogP contribution in [0.25, 0.3) is 0 Å². The monoisotopic (exact) mass is 263 g/mol. The Kier molecular flexibility index (Phi) is 6.93. The van der Waals surface area contributed by atoms with E-state index in [9.17, 15) is 0 Å². The average Bonchev–Trinajstić information content (AvgIpc) is 2.36. The third-order valence-corrected chi connectivity index (χ3v) is 3.08. The van der Waals surface area contributed by atoms with Crippen LogP contribution in [0.3, 0.4) is 0 Å². The van der Waals surface area contributed by atoms with E-state index in [2.05, 4.69) is 33.0 Å². The highest BCUT2D eigenvalue weighted by atomic mass is 16.5. The van der Waals surface area contributed by atoms with E-state index in [0.717, 1.165) is 31.2 Å². The Balaban J connectivity index is 2.01. The summed E-state index contributed by atoms with van der Waals surface area (Å²) in [6, 6.07) is 10.0. The van der Waals surface area contributed by atoms with Crippen LogP contribution in [0.1, 0.15) is 47.0 Å². The van der Waals surface area contributed by atoms with Gasteiger partial charge in [-0.3, -0.25) is 0 Å². The molecule has 2 nitrogen and oxygen atoms in total. The summed E-state index contributed by atoms with van der Waals surface area (Å²) in [7, 11) is 0. The van der Waals surface area contributed by atoms with Gasteiger partial charge in [0.1, 0.15) is 5.75 Å². The van der Waals surface area contributed by atoms with Gasteiger partial charge in [-0.1, -0.05) is 25.1 Å². The lowest BCUT2D eigenvalue weighted by molar-refractivity contribution is 0.296. The van der Waals surface area contributed by atoms with Crippen LogP contribution in [0.2, 0.25) is 0 Å². The Morgan fingerprint density at radius 3 is 2.42 bits per heavy atom. The molecule has 19 heavy (non-hydrogen) atoms. The van der Waals surface area contributed by atoms with Crippen molar-refractivity contribution in [1.29, 1.82) is 0 Å². The van der Waals surface area contributed by atoms with Crippen LogP contribution >= 0.6 is 0 Å². The molecule has 1 unspecified atom stereocenters. The van der Waals surface area contributed by atoms with Gasteiger partial charge in [-0.2, -0.15) is 0 Å². The molecular weight excluding hydrogens is 234 g/mol. The van der Waals surface area contributed by atoms with Crippen molar-refractivity contribution in [3.63, 3.8) is 0 Å². The van der Waals surface area contributed by atoms with E-state index in [-0.39, 0.29) is 5.54 Å². The zero-order chi connectivity index (χ0) is 14.1. The molecule has 0 aliphatic heterocycles. The molecule has 0 radical (unpaired) electrons. The van der Waals surface area contributed by atoms with Gasteiger partial charge < -0.3 is 10.1 Å². The van der Waals surface area contributed by atoms with Gasteiger partial charge in [0.05, 0.1) is 6.61 Å². The highest BCUT2D eigenvalue weighted by Gasteiger charge is 2.10. The Hall–Kier alpha value is -1.02. The number of ether oxygens (including phenoxy) is 1.